The van der Waals surface area contributed by atoms with Gasteiger partial charge in [-0.15, -0.1) is 11.3 Å². The van der Waals surface area contributed by atoms with Crippen molar-refractivity contribution in [3.05, 3.63) is 51.7 Å². The molecule has 0 spiro atoms. The average Bonchev–Trinajstić information content (AvgIpc) is 3.12. The van der Waals surface area contributed by atoms with E-state index in [0.717, 1.165) is 18.7 Å². The third kappa shape index (κ3) is 3.05. The lowest BCUT2D eigenvalue weighted by Crippen LogP contribution is -2.19. The third-order valence-corrected chi connectivity index (χ3v) is 4.64. The molecule has 1 unspecified atom stereocenters. The van der Waals surface area contributed by atoms with Crippen LogP contribution < -0.4 is 10.1 Å². The predicted octanol–water partition coefficient (Wildman–Crippen LogP) is 4.31. The third-order valence-electron chi connectivity index (χ3n) is 3.79. The lowest BCUT2D eigenvalue weighted by atomic mass is 10.1. The van der Waals surface area contributed by atoms with Gasteiger partial charge in [0, 0.05) is 10.9 Å². The molecule has 0 saturated heterocycles. The minimum atomic E-state index is 0.538. The van der Waals surface area contributed by atoms with E-state index in [-0.39, 0.29) is 0 Å². The molecule has 0 bridgehead atoms. The Morgan fingerprint density at radius 1 is 1.35 bits per heavy atom. The maximum Gasteiger partial charge on any atom is 0.122 e. The molecule has 0 amide bonds. The number of aryl methyl sites for hydroxylation is 1. The SMILES string of the molecule is CCCNC1CCc2cc(OCc3cccs3)ccc21. The predicted molar refractivity (Wildman–Crippen MR) is 84.4 cm³/mol. The fraction of sp³-hybridized carbons (Fsp3) is 0.412. The summed E-state index contributed by atoms with van der Waals surface area (Å²) in [5.74, 6) is 0.994. The first-order valence-electron chi connectivity index (χ1n) is 7.38. The summed E-state index contributed by atoms with van der Waals surface area (Å²) >= 11 is 1.74. The highest BCUT2D eigenvalue weighted by Crippen LogP contribution is 2.33. The van der Waals surface area contributed by atoms with Gasteiger partial charge >= 0.3 is 0 Å². The average molecular weight is 287 g/mol. The quantitative estimate of drug-likeness (QED) is 0.854. The number of hydrogen-bond donors (Lipinski definition) is 1. The molecule has 0 aliphatic heterocycles. The van der Waals surface area contributed by atoms with Crippen molar-refractivity contribution in [3.8, 4) is 5.75 Å². The minimum Gasteiger partial charge on any atom is -0.488 e. The van der Waals surface area contributed by atoms with Crippen molar-refractivity contribution in [2.24, 2.45) is 0 Å². The van der Waals surface area contributed by atoms with Crippen LogP contribution in [0.25, 0.3) is 0 Å². The molecule has 2 nitrogen and oxygen atoms in total. The zero-order valence-electron chi connectivity index (χ0n) is 11.9. The van der Waals surface area contributed by atoms with Crippen LogP contribution in [-0.4, -0.2) is 6.54 Å². The van der Waals surface area contributed by atoms with Gasteiger partial charge in [0.15, 0.2) is 0 Å². The molecule has 3 rings (SSSR count). The summed E-state index contributed by atoms with van der Waals surface area (Å²) in [4.78, 5) is 1.27. The number of nitrogens with one attached hydrogen (secondary N) is 1. The first kappa shape index (κ1) is 13.7. The van der Waals surface area contributed by atoms with Crippen LogP contribution in [-0.2, 0) is 13.0 Å². The van der Waals surface area contributed by atoms with E-state index >= 15 is 0 Å². The molecule has 1 N–H and O–H groups in total. The molecule has 1 aromatic heterocycles. The first-order valence-corrected chi connectivity index (χ1v) is 8.26. The molecule has 1 aliphatic carbocycles. The van der Waals surface area contributed by atoms with Crippen LogP contribution in [0, 0.1) is 0 Å². The number of thiophene rings is 1. The van der Waals surface area contributed by atoms with Gasteiger partial charge in [-0.05, 0) is 60.5 Å². The summed E-state index contributed by atoms with van der Waals surface area (Å²) in [7, 11) is 0. The van der Waals surface area contributed by atoms with Gasteiger partial charge in [0.25, 0.3) is 0 Å². The van der Waals surface area contributed by atoms with E-state index in [1.807, 2.05) is 0 Å². The van der Waals surface area contributed by atoms with Crippen LogP contribution in [0.15, 0.2) is 35.7 Å². The van der Waals surface area contributed by atoms with Crippen LogP contribution in [0.2, 0.25) is 0 Å². The molecule has 20 heavy (non-hydrogen) atoms. The molecule has 1 heterocycles. The second-order valence-corrected chi connectivity index (χ2v) is 6.31. The van der Waals surface area contributed by atoms with Gasteiger partial charge in [-0.1, -0.05) is 19.1 Å². The van der Waals surface area contributed by atoms with Gasteiger partial charge in [-0.25, -0.2) is 0 Å². The maximum atomic E-state index is 5.88. The zero-order valence-corrected chi connectivity index (χ0v) is 12.7. The summed E-state index contributed by atoms with van der Waals surface area (Å²) in [6.45, 7) is 3.99. The van der Waals surface area contributed by atoms with E-state index in [2.05, 4.69) is 48.0 Å². The molecule has 0 saturated carbocycles. The van der Waals surface area contributed by atoms with Crippen molar-refractivity contribution >= 4 is 11.3 Å². The molecule has 0 fully saturated rings. The fourth-order valence-corrected chi connectivity index (χ4v) is 3.38. The minimum absolute atomic E-state index is 0.538. The summed E-state index contributed by atoms with van der Waals surface area (Å²) in [6, 6.07) is 11.3. The van der Waals surface area contributed by atoms with Gasteiger partial charge in [0.2, 0.25) is 0 Å². The summed E-state index contributed by atoms with van der Waals surface area (Å²) in [6.07, 6.45) is 3.56. The van der Waals surface area contributed by atoms with E-state index in [1.54, 1.807) is 11.3 Å². The zero-order chi connectivity index (χ0) is 13.8. The highest BCUT2D eigenvalue weighted by atomic mass is 32.1. The Labute approximate surface area is 124 Å². The van der Waals surface area contributed by atoms with Crippen LogP contribution >= 0.6 is 11.3 Å². The first-order chi connectivity index (χ1) is 9.86. The Kier molecular flexibility index (Phi) is 4.38. The van der Waals surface area contributed by atoms with Gasteiger partial charge in [-0.2, -0.15) is 0 Å². The summed E-state index contributed by atoms with van der Waals surface area (Å²) in [5.41, 5.74) is 2.91. The van der Waals surface area contributed by atoms with E-state index in [1.165, 1.54) is 28.8 Å². The molecule has 1 aliphatic rings. The smallest absolute Gasteiger partial charge is 0.122 e. The van der Waals surface area contributed by atoms with Crippen LogP contribution in [0.4, 0.5) is 0 Å². The lowest BCUT2D eigenvalue weighted by molar-refractivity contribution is 0.309. The Balaban J connectivity index is 1.64. The number of rotatable bonds is 6. The number of fused-ring (bicyclic) bond motifs is 1. The van der Waals surface area contributed by atoms with E-state index in [4.69, 9.17) is 4.74 Å². The Morgan fingerprint density at radius 3 is 3.10 bits per heavy atom. The Hall–Kier alpha value is -1.32. The van der Waals surface area contributed by atoms with Gasteiger partial charge in [0.05, 0.1) is 0 Å². The normalized spacial score (nSPS) is 17.1. The van der Waals surface area contributed by atoms with Crippen LogP contribution in [0.1, 0.15) is 41.8 Å². The van der Waals surface area contributed by atoms with Crippen molar-refractivity contribution in [1.82, 2.24) is 5.32 Å². The largest absolute Gasteiger partial charge is 0.488 e. The van der Waals surface area contributed by atoms with Gasteiger partial charge < -0.3 is 10.1 Å². The van der Waals surface area contributed by atoms with E-state index < -0.39 is 0 Å². The second-order valence-electron chi connectivity index (χ2n) is 5.27. The van der Waals surface area contributed by atoms with E-state index in [9.17, 15) is 0 Å². The van der Waals surface area contributed by atoms with E-state index in [0.29, 0.717) is 12.6 Å². The van der Waals surface area contributed by atoms with Crippen molar-refractivity contribution in [3.63, 3.8) is 0 Å². The highest BCUT2D eigenvalue weighted by molar-refractivity contribution is 7.09. The standard InChI is InChI=1S/C17H21NOS/c1-2-9-18-17-8-5-13-11-14(6-7-16(13)17)19-12-15-4-3-10-20-15/h3-4,6-7,10-11,17-18H,2,5,8-9,12H2,1H3. The van der Waals surface area contributed by atoms with Crippen molar-refractivity contribution in [2.75, 3.05) is 6.54 Å². The molecule has 1 atom stereocenters. The molecule has 3 heteroatoms. The molecule has 2 aromatic rings. The second kappa shape index (κ2) is 6.42. The van der Waals surface area contributed by atoms with Gasteiger partial charge in [0.1, 0.15) is 12.4 Å². The van der Waals surface area contributed by atoms with Crippen LogP contribution in [0.3, 0.4) is 0 Å². The van der Waals surface area contributed by atoms with Crippen molar-refractivity contribution < 1.29 is 4.74 Å². The topological polar surface area (TPSA) is 21.3 Å². The molecule has 106 valence electrons. The molecular weight excluding hydrogens is 266 g/mol. The Bertz CT molecular complexity index is 550. The fourth-order valence-electron chi connectivity index (χ4n) is 2.76. The van der Waals surface area contributed by atoms with Crippen LogP contribution in [0.5, 0.6) is 5.75 Å². The van der Waals surface area contributed by atoms with Gasteiger partial charge in [-0.3, -0.25) is 0 Å². The number of hydrogen-bond acceptors (Lipinski definition) is 3. The summed E-state index contributed by atoms with van der Waals surface area (Å²) < 4.78 is 5.88. The molecule has 1 aromatic carbocycles. The lowest BCUT2D eigenvalue weighted by Gasteiger charge is -2.14. The monoisotopic (exact) mass is 287 g/mol. The molecule has 0 radical (unpaired) electrons. The number of benzene rings is 1. The Morgan fingerprint density at radius 2 is 2.30 bits per heavy atom. The molecular formula is C17H21NOS. The van der Waals surface area contributed by atoms with Crippen molar-refractivity contribution in [1.29, 1.82) is 0 Å². The highest BCUT2D eigenvalue weighted by Gasteiger charge is 2.21. The van der Waals surface area contributed by atoms with Crippen molar-refractivity contribution in [2.45, 2.75) is 38.8 Å². The maximum absolute atomic E-state index is 5.88. The number of ether oxygens (including phenoxy) is 1. The summed E-state index contributed by atoms with van der Waals surface area (Å²) in [5, 5.41) is 5.71.